The Labute approximate surface area is 125 Å². The Hall–Kier alpha value is -1.53. The van der Waals surface area contributed by atoms with E-state index in [-0.39, 0.29) is 6.61 Å². The number of aromatic nitrogens is 2. The highest BCUT2D eigenvalue weighted by Crippen LogP contribution is 2.34. The molecule has 1 aromatic carbocycles. The first-order valence-electron chi connectivity index (χ1n) is 6.42. The van der Waals surface area contributed by atoms with Gasteiger partial charge in [0.15, 0.2) is 11.5 Å². The Morgan fingerprint density at radius 3 is 2.75 bits per heavy atom. The largest absolute Gasteiger partial charge is 0.490 e. The molecule has 0 radical (unpaired) electrons. The lowest BCUT2D eigenvalue weighted by atomic mass is 10.2. The molecule has 106 valence electrons. The number of aliphatic hydroxyl groups is 1. The van der Waals surface area contributed by atoms with Gasteiger partial charge in [-0.1, -0.05) is 0 Å². The first-order chi connectivity index (χ1) is 9.70. The number of imidazole rings is 1. The van der Waals surface area contributed by atoms with Crippen LogP contribution in [0.4, 0.5) is 0 Å². The smallest absolute Gasteiger partial charge is 0.161 e. The highest BCUT2D eigenvalue weighted by Gasteiger charge is 2.16. The highest BCUT2D eigenvalue weighted by molar-refractivity contribution is 9.10. The number of benzene rings is 1. The van der Waals surface area contributed by atoms with Gasteiger partial charge in [-0.25, -0.2) is 4.98 Å². The third-order valence-electron chi connectivity index (χ3n) is 3.25. The maximum Gasteiger partial charge on any atom is 0.161 e. The van der Waals surface area contributed by atoms with E-state index < -0.39 is 0 Å². The molecule has 1 aliphatic rings. The Morgan fingerprint density at radius 2 is 2.05 bits per heavy atom. The van der Waals surface area contributed by atoms with Crippen LogP contribution >= 0.6 is 15.9 Å². The number of halogens is 1. The lowest BCUT2D eigenvalue weighted by Gasteiger charge is -2.09. The molecule has 1 N–H and O–H groups in total. The fourth-order valence-corrected chi connectivity index (χ4v) is 2.58. The molecule has 0 fully saturated rings. The minimum atomic E-state index is -0.0982. The van der Waals surface area contributed by atoms with Gasteiger partial charge in [0.05, 0.1) is 25.5 Å². The summed E-state index contributed by atoms with van der Waals surface area (Å²) in [5.41, 5.74) is 1.55. The van der Waals surface area contributed by atoms with E-state index in [2.05, 4.69) is 20.9 Å². The fourth-order valence-electron chi connectivity index (χ4n) is 2.20. The van der Waals surface area contributed by atoms with Gasteiger partial charge in [0.2, 0.25) is 0 Å². The molecule has 2 aromatic rings. The Balaban J connectivity index is 2.04. The van der Waals surface area contributed by atoms with Crippen molar-refractivity contribution in [1.82, 2.24) is 9.55 Å². The van der Waals surface area contributed by atoms with Crippen LogP contribution in [0.25, 0.3) is 11.4 Å². The van der Waals surface area contributed by atoms with E-state index in [1.54, 1.807) is 0 Å². The zero-order chi connectivity index (χ0) is 14.1. The van der Waals surface area contributed by atoms with Gasteiger partial charge in [-0.2, -0.15) is 0 Å². The van der Waals surface area contributed by atoms with Crippen molar-refractivity contribution < 1.29 is 14.6 Å². The molecular formula is C14H15BrN2O3. The SMILES string of the molecule is Cn1c(-c2ccc3c(c2)OCCCO3)nc(CO)c1Br. The van der Waals surface area contributed by atoms with E-state index >= 15 is 0 Å². The molecule has 2 heterocycles. The van der Waals surface area contributed by atoms with Crippen LogP contribution in [-0.4, -0.2) is 27.9 Å². The molecule has 20 heavy (non-hydrogen) atoms. The minimum absolute atomic E-state index is 0.0982. The fraction of sp³-hybridized carbons (Fsp3) is 0.357. The molecule has 0 spiro atoms. The number of fused-ring (bicyclic) bond motifs is 1. The van der Waals surface area contributed by atoms with Crippen LogP contribution in [0.2, 0.25) is 0 Å². The average Bonchev–Trinajstić information content (AvgIpc) is 2.66. The van der Waals surface area contributed by atoms with E-state index in [0.717, 1.165) is 33.9 Å². The molecule has 3 rings (SSSR count). The number of rotatable bonds is 2. The summed E-state index contributed by atoms with van der Waals surface area (Å²) in [4.78, 5) is 4.44. The third-order valence-corrected chi connectivity index (χ3v) is 4.24. The van der Waals surface area contributed by atoms with Crippen molar-refractivity contribution in [3.05, 3.63) is 28.5 Å². The Bertz CT molecular complexity index is 640. The third kappa shape index (κ3) is 2.29. The molecule has 1 aromatic heterocycles. The molecule has 0 unspecified atom stereocenters. The van der Waals surface area contributed by atoms with Crippen LogP contribution in [0.5, 0.6) is 11.5 Å². The van der Waals surface area contributed by atoms with Crippen LogP contribution < -0.4 is 9.47 Å². The Kier molecular flexibility index (Phi) is 3.67. The lowest BCUT2D eigenvalue weighted by molar-refractivity contribution is 0.276. The van der Waals surface area contributed by atoms with Gasteiger partial charge >= 0.3 is 0 Å². The maximum atomic E-state index is 9.28. The van der Waals surface area contributed by atoms with Gasteiger partial charge < -0.3 is 19.1 Å². The van der Waals surface area contributed by atoms with Crippen molar-refractivity contribution in [3.8, 4) is 22.9 Å². The second-order valence-corrected chi connectivity index (χ2v) is 5.35. The highest BCUT2D eigenvalue weighted by atomic mass is 79.9. The van der Waals surface area contributed by atoms with E-state index in [9.17, 15) is 5.11 Å². The van der Waals surface area contributed by atoms with Crippen molar-refractivity contribution in [2.24, 2.45) is 7.05 Å². The van der Waals surface area contributed by atoms with Crippen molar-refractivity contribution >= 4 is 15.9 Å². The molecule has 0 atom stereocenters. The van der Waals surface area contributed by atoms with Crippen LogP contribution in [0.1, 0.15) is 12.1 Å². The quantitative estimate of drug-likeness (QED) is 0.913. The second-order valence-electron chi connectivity index (χ2n) is 4.60. The summed E-state index contributed by atoms with van der Waals surface area (Å²) in [6.07, 6.45) is 0.882. The average molecular weight is 339 g/mol. The number of aliphatic hydroxyl groups excluding tert-OH is 1. The summed E-state index contributed by atoms with van der Waals surface area (Å²) < 4.78 is 14.0. The summed E-state index contributed by atoms with van der Waals surface area (Å²) >= 11 is 3.43. The zero-order valence-corrected chi connectivity index (χ0v) is 12.7. The van der Waals surface area contributed by atoms with Crippen molar-refractivity contribution in [1.29, 1.82) is 0 Å². The Morgan fingerprint density at radius 1 is 1.30 bits per heavy atom. The van der Waals surface area contributed by atoms with Crippen molar-refractivity contribution in [3.63, 3.8) is 0 Å². The monoisotopic (exact) mass is 338 g/mol. The van der Waals surface area contributed by atoms with Gasteiger partial charge in [-0.15, -0.1) is 0 Å². The molecule has 0 saturated carbocycles. The predicted octanol–water partition coefficient (Wildman–Crippen LogP) is 2.50. The number of ether oxygens (including phenoxy) is 2. The van der Waals surface area contributed by atoms with Gasteiger partial charge in [-0.3, -0.25) is 0 Å². The topological polar surface area (TPSA) is 56.5 Å². The molecule has 0 saturated heterocycles. The summed E-state index contributed by atoms with van der Waals surface area (Å²) in [5.74, 6) is 2.28. The van der Waals surface area contributed by atoms with Gasteiger partial charge in [-0.05, 0) is 34.1 Å². The first kappa shape index (κ1) is 13.5. The number of nitrogens with zero attached hydrogens (tertiary/aromatic N) is 2. The second kappa shape index (κ2) is 5.46. The summed E-state index contributed by atoms with van der Waals surface area (Å²) in [6, 6.07) is 5.78. The molecule has 1 aliphatic heterocycles. The van der Waals surface area contributed by atoms with Gasteiger partial charge in [0.25, 0.3) is 0 Å². The van der Waals surface area contributed by atoms with E-state index in [4.69, 9.17) is 9.47 Å². The molecule has 0 amide bonds. The van der Waals surface area contributed by atoms with Crippen LogP contribution in [0, 0.1) is 0 Å². The summed E-state index contributed by atoms with van der Waals surface area (Å²) in [5, 5.41) is 9.28. The molecular weight excluding hydrogens is 324 g/mol. The van der Waals surface area contributed by atoms with Crippen LogP contribution in [-0.2, 0) is 13.7 Å². The molecule has 0 aliphatic carbocycles. The standard InChI is InChI=1S/C14H15BrN2O3/c1-17-13(15)10(8-18)16-14(17)9-3-4-11-12(7-9)20-6-2-5-19-11/h3-4,7,18H,2,5-6,8H2,1H3. The minimum Gasteiger partial charge on any atom is -0.490 e. The van der Waals surface area contributed by atoms with Crippen LogP contribution in [0.15, 0.2) is 22.8 Å². The molecule has 5 nitrogen and oxygen atoms in total. The maximum absolute atomic E-state index is 9.28. The summed E-state index contributed by atoms with van der Waals surface area (Å²) in [7, 11) is 1.90. The first-order valence-corrected chi connectivity index (χ1v) is 7.22. The number of hydrogen-bond donors (Lipinski definition) is 1. The predicted molar refractivity (Wildman–Crippen MR) is 77.9 cm³/mol. The lowest BCUT2D eigenvalue weighted by Crippen LogP contribution is -1.97. The van der Waals surface area contributed by atoms with Crippen molar-refractivity contribution in [2.75, 3.05) is 13.2 Å². The van der Waals surface area contributed by atoms with E-state index in [0.29, 0.717) is 18.9 Å². The van der Waals surface area contributed by atoms with Crippen molar-refractivity contribution in [2.45, 2.75) is 13.0 Å². The van der Waals surface area contributed by atoms with Crippen LogP contribution in [0.3, 0.4) is 0 Å². The normalized spacial score (nSPS) is 14.2. The molecule has 6 heteroatoms. The van der Waals surface area contributed by atoms with E-state index in [1.807, 2.05) is 29.8 Å². The number of hydrogen-bond acceptors (Lipinski definition) is 4. The zero-order valence-electron chi connectivity index (χ0n) is 11.1. The van der Waals surface area contributed by atoms with E-state index in [1.165, 1.54) is 0 Å². The van der Waals surface area contributed by atoms with Gasteiger partial charge in [0.1, 0.15) is 10.4 Å². The molecule has 0 bridgehead atoms. The van der Waals surface area contributed by atoms with Gasteiger partial charge in [0, 0.05) is 19.0 Å². The summed E-state index contributed by atoms with van der Waals surface area (Å²) in [6.45, 7) is 1.23.